The number of benzene rings is 1. The molecule has 1 aromatic carbocycles. The molecule has 1 amide bonds. The lowest BCUT2D eigenvalue weighted by Crippen LogP contribution is -2.38. The monoisotopic (exact) mass is 478 g/mol. The lowest BCUT2D eigenvalue weighted by molar-refractivity contribution is -0.119. The highest BCUT2D eigenvalue weighted by molar-refractivity contribution is 14.0. The number of carbonyl (C=O) groups excluding carboxylic acids is 1. The number of nitrogens with one attached hydrogen (secondary N) is 2. The Morgan fingerprint density at radius 2 is 1.92 bits per heavy atom. The van der Waals surface area contributed by atoms with Crippen molar-refractivity contribution in [3.63, 3.8) is 0 Å². The zero-order valence-corrected chi connectivity index (χ0v) is 18.0. The van der Waals surface area contributed by atoms with Gasteiger partial charge in [0.25, 0.3) is 5.91 Å². The number of hydrogen-bond donors (Lipinski definition) is 3. The summed E-state index contributed by atoms with van der Waals surface area (Å²) >= 11 is 0. The van der Waals surface area contributed by atoms with Gasteiger partial charge in [-0.2, -0.15) is 0 Å². The number of primary amides is 1. The van der Waals surface area contributed by atoms with Crippen molar-refractivity contribution in [2.75, 3.05) is 39.5 Å². The van der Waals surface area contributed by atoms with E-state index in [1.54, 1.807) is 0 Å². The van der Waals surface area contributed by atoms with Crippen molar-refractivity contribution >= 4 is 35.8 Å². The lowest BCUT2D eigenvalue weighted by Gasteiger charge is -2.11. The van der Waals surface area contributed by atoms with Crippen LogP contribution in [0.3, 0.4) is 0 Å². The third-order valence-electron chi connectivity index (χ3n) is 3.28. The van der Waals surface area contributed by atoms with Crippen LogP contribution in [0.4, 0.5) is 0 Å². The molecule has 0 bridgehead atoms. The summed E-state index contributed by atoms with van der Waals surface area (Å²) in [5.74, 6) is 0.977. The van der Waals surface area contributed by atoms with Gasteiger partial charge in [-0.05, 0) is 44.4 Å². The highest BCUT2D eigenvalue weighted by Gasteiger charge is 2.00. The average Bonchev–Trinajstić information content (AvgIpc) is 2.60. The minimum Gasteiger partial charge on any atom is -0.484 e. The van der Waals surface area contributed by atoms with Gasteiger partial charge in [0.15, 0.2) is 12.6 Å². The highest BCUT2D eigenvalue weighted by Crippen LogP contribution is 2.12. The van der Waals surface area contributed by atoms with Crippen LogP contribution in [0.25, 0.3) is 0 Å². The first kappa shape index (κ1) is 24.5. The Morgan fingerprint density at radius 1 is 1.19 bits per heavy atom. The Hall–Kier alpha value is -1.55. The fourth-order valence-corrected chi connectivity index (χ4v) is 2.08. The number of amides is 1. The molecule has 1 rings (SSSR count). The van der Waals surface area contributed by atoms with E-state index < -0.39 is 5.91 Å². The van der Waals surface area contributed by atoms with Gasteiger partial charge in [0.1, 0.15) is 5.75 Å². The Kier molecular flexibility index (Phi) is 14.8. The predicted molar refractivity (Wildman–Crippen MR) is 115 cm³/mol. The number of guanidine groups is 1. The average molecular weight is 478 g/mol. The molecule has 0 saturated carbocycles. The molecule has 26 heavy (non-hydrogen) atoms. The van der Waals surface area contributed by atoms with E-state index >= 15 is 0 Å². The zero-order chi connectivity index (χ0) is 18.3. The summed E-state index contributed by atoms with van der Waals surface area (Å²) in [6, 6.07) is 7.63. The summed E-state index contributed by atoms with van der Waals surface area (Å²) in [5.41, 5.74) is 6.22. The number of nitrogens with two attached hydrogens (primary N) is 1. The van der Waals surface area contributed by atoms with Crippen molar-refractivity contribution in [2.45, 2.75) is 26.7 Å². The SMILES string of the molecule is CCNC(=NCCCOCC)NCCc1ccc(OCC(N)=O)cc1.I. The number of ether oxygens (including phenoxy) is 2. The van der Waals surface area contributed by atoms with E-state index in [4.69, 9.17) is 15.2 Å². The largest absolute Gasteiger partial charge is 0.484 e. The number of hydrogen-bond acceptors (Lipinski definition) is 4. The highest BCUT2D eigenvalue weighted by atomic mass is 127. The molecule has 0 aliphatic carbocycles. The first-order chi connectivity index (χ1) is 12.2. The normalized spacial score (nSPS) is 10.8. The minimum atomic E-state index is -0.482. The molecular formula is C18H31IN4O3. The number of nitrogens with zero attached hydrogens (tertiary/aromatic N) is 1. The first-order valence-electron chi connectivity index (χ1n) is 8.75. The summed E-state index contributed by atoms with van der Waals surface area (Å²) in [4.78, 5) is 15.2. The number of aliphatic imine (C=N–C) groups is 1. The molecule has 0 radical (unpaired) electrons. The van der Waals surface area contributed by atoms with Crippen LogP contribution in [-0.4, -0.2) is 51.3 Å². The molecule has 0 aliphatic rings. The van der Waals surface area contributed by atoms with Crippen LogP contribution in [0, 0.1) is 0 Å². The zero-order valence-electron chi connectivity index (χ0n) is 15.6. The van der Waals surface area contributed by atoms with Crippen molar-refractivity contribution in [3.8, 4) is 5.75 Å². The van der Waals surface area contributed by atoms with Crippen molar-refractivity contribution in [2.24, 2.45) is 10.7 Å². The van der Waals surface area contributed by atoms with Gasteiger partial charge in [0.2, 0.25) is 0 Å². The smallest absolute Gasteiger partial charge is 0.255 e. The maximum absolute atomic E-state index is 10.7. The third-order valence-corrected chi connectivity index (χ3v) is 3.28. The van der Waals surface area contributed by atoms with Gasteiger partial charge in [-0.3, -0.25) is 9.79 Å². The molecule has 0 spiro atoms. The van der Waals surface area contributed by atoms with E-state index in [9.17, 15) is 4.79 Å². The standard InChI is InChI=1S/C18H30N4O3.HI/c1-3-20-18(21-11-5-13-24-4-2)22-12-10-15-6-8-16(9-7-15)25-14-17(19)23;/h6-9H,3-5,10-14H2,1-2H3,(H2,19,23)(H2,20,21,22);1H. The Balaban J connectivity index is 0.00000625. The molecule has 0 fully saturated rings. The van der Waals surface area contributed by atoms with E-state index in [1.165, 1.54) is 5.56 Å². The van der Waals surface area contributed by atoms with Gasteiger partial charge < -0.3 is 25.8 Å². The number of halogens is 1. The molecule has 0 saturated heterocycles. The quantitative estimate of drug-likeness (QED) is 0.184. The van der Waals surface area contributed by atoms with E-state index in [-0.39, 0.29) is 30.6 Å². The summed E-state index contributed by atoms with van der Waals surface area (Å²) in [6.45, 7) is 7.75. The van der Waals surface area contributed by atoms with Crippen molar-refractivity contribution in [3.05, 3.63) is 29.8 Å². The summed E-state index contributed by atoms with van der Waals surface area (Å²) in [5, 5.41) is 6.55. The van der Waals surface area contributed by atoms with E-state index in [1.807, 2.05) is 38.1 Å². The molecule has 148 valence electrons. The first-order valence-corrected chi connectivity index (χ1v) is 8.75. The fourth-order valence-electron chi connectivity index (χ4n) is 2.08. The molecule has 0 aromatic heterocycles. The van der Waals surface area contributed by atoms with E-state index in [0.29, 0.717) is 5.75 Å². The van der Waals surface area contributed by atoms with Gasteiger partial charge in [-0.25, -0.2) is 0 Å². The number of rotatable bonds is 12. The molecule has 1 aromatic rings. The Labute approximate surface area is 173 Å². The second-order valence-electron chi connectivity index (χ2n) is 5.39. The molecular weight excluding hydrogens is 447 g/mol. The molecule has 8 heteroatoms. The molecule has 4 N–H and O–H groups in total. The summed E-state index contributed by atoms with van der Waals surface area (Å²) in [6.07, 6.45) is 1.77. The molecule has 0 aliphatic heterocycles. The van der Waals surface area contributed by atoms with Gasteiger partial charge in [-0.15, -0.1) is 24.0 Å². The van der Waals surface area contributed by atoms with Crippen LogP contribution in [0.1, 0.15) is 25.8 Å². The van der Waals surface area contributed by atoms with Gasteiger partial charge >= 0.3 is 0 Å². The minimum absolute atomic E-state index is 0. The molecule has 0 heterocycles. The van der Waals surface area contributed by atoms with Crippen molar-refractivity contribution < 1.29 is 14.3 Å². The topological polar surface area (TPSA) is 98.0 Å². The van der Waals surface area contributed by atoms with Crippen LogP contribution in [-0.2, 0) is 16.0 Å². The van der Waals surface area contributed by atoms with Crippen molar-refractivity contribution in [1.29, 1.82) is 0 Å². The van der Waals surface area contributed by atoms with E-state index in [2.05, 4.69) is 15.6 Å². The number of carbonyl (C=O) groups is 1. The third kappa shape index (κ3) is 11.9. The predicted octanol–water partition coefficient (Wildman–Crippen LogP) is 1.69. The lowest BCUT2D eigenvalue weighted by atomic mass is 10.1. The van der Waals surface area contributed by atoms with E-state index in [0.717, 1.165) is 51.6 Å². The summed E-state index contributed by atoms with van der Waals surface area (Å²) < 4.78 is 10.5. The molecule has 0 unspecified atom stereocenters. The van der Waals surface area contributed by atoms with Gasteiger partial charge in [0.05, 0.1) is 0 Å². The second kappa shape index (κ2) is 15.7. The summed E-state index contributed by atoms with van der Waals surface area (Å²) in [7, 11) is 0. The molecule has 7 nitrogen and oxygen atoms in total. The maximum Gasteiger partial charge on any atom is 0.255 e. The van der Waals surface area contributed by atoms with Crippen molar-refractivity contribution in [1.82, 2.24) is 10.6 Å². The van der Waals surface area contributed by atoms with Crippen LogP contribution in [0.15, 0.2) is 29.3 Å². The molecule has 0 atom stereocenters. The fraction of sp³-hybridized carbons (Fsp3) is 0.556. The van der Waals surface area contributed by atoms with Gasteiger partial charge in [-0.1, -0.05) is 12.1 Å². The second-order valence-corrected chi connectivity index (χ2v) is 5.39. The Bertz CT molecular complexity index is 524. The van der Waals surface area contributed by atoms with Crippen LogP contribution >= 0.6 is 24.0 Å². The van der Waals surface area contributed by atoms with Crippen LogP contribution < -0.4 is 21.1 Å². The maximum atomic E-state index is 10.7. The van der Waals surface area contributed by atoms with Gasteiger partial charge in [0, 0.05) is 32.8 Å². The van der Waals surface area contributed by atoms with Crippen LogP contribution in [0.5, 0.6) is 5.75 Å². The van der Waals surface area contributed by atoms with Crippen LogP contribution in [0.2, 0.25) is 0 Å². The Morgan fingerprint density at radius 3 is 2.54 bits per heavy atom.